The van der Waals surface area contributed by atoms with Gasteiger partial charge in [0.25, 0.3) is 0 Å². The van der Waals surface area contributed by atoms with Gasteiger partial charge >= 0.3 is 0 Å². The van der Waals surface area contributed by atoms with Crippen LogP contribution in [0.3, 0.4) is 0 Å². The van der Waals surface area contributed by atoms with E-state index in [0.29, 0.717) is 11.5 Å². The molecule has 0 spiro atoms. The van der Waals surface area contributed by atoms with Crippen LogP contribution in [0.15, 0.2) is 146 Å². The van der Waals surface area contributed by atoms with Gasteiger partial charge in [0.15, 0.2) is 12.5 Å². The second kappa shape index (κ2) is 10.9. The summed E-state index contributed by atoms with van der Waals surface area (Å²) in [5, 5.41) is 4.04. The van der Waals surface area contributed by atoms with Crippen LogP contribution >= 0.6 is 12.5 Å². The average molecular weight is 543 g/mol. The Balaban J connectivity index is 1.46. The topological polar surface area (TPSA) is 18.5 Å². The van der Waals surface area contributed by atoms with Crippen LogP contribution in [0.2, 0.25) is 0 Å². The van der Waals surface area contributed by atoms with E-state index >= 15 is 0 Å². The fourth-order valence-electron chi connectivity index (χ4n) is 3.86. The van der Waals surface area contributed by atoms with Crippen molar-refractivity contribution in [2.75, 3.05) is 0 Å². The van der Waals surface area contributed by atoms with Gasteiger partial charge in [0.1, 0.15) is 11.5 Å². The highest BCUT2D eigenvalue weighted by atomic mass is 32.4. The summed E-state index contributed by atoms with van der Waals surface area (Å²) in [6.07, 6.45) is -5.04. The molecule has 0 aliphatic carbocycles. The van der Waals surface area contributed by atoms with Crippen LogP contribution in [-0.4, -0.2) is 0 Å². The quantitative estimate of drug-likeness (QED) is 0.207. The van der Waals surface area contributed by atoms with Crippen LogP contribution in [0.5, 0.6) is 11.5 Å². The van der Waals surface area contributed by atoms with Crippen LogP contribution in [-0.2, 0) is 23.6 Å². The van der Waals surface area contributed by atoms with Crippen molar-refractivity contribution in [1.29, 1.82) is 0 Å². The lowest BCUT2D eigenvalue weighted by Gasteiger charge is -2.26. The molecule has 0 radical (unpaired) electrons. The first-order chi connectivity index (χ1) is 17.6. The highest BCUT2D eigenvalue weighted by molar-refractivity contribution is 8.20. The van der Waals surface area contributed by atoms with Gasteiger partial charge in [-0.2, -0.15) is 0 Å². The van der Waals surface area contributed by atoms with Crippen LogP contribution in [0.1, 0.15) is 0 Å². The highest BCUT2D eigenvalue weighted by Gasteiger charge is 2.26. The Morgan fingerprint density at radius 3 is 0.778 bits per heavy atom. The van der Waals surface area contributed by atoms with E-state index in [2.05, 4.69) is 0 Å². The first-order valence-electron chi connectivity index (χ1n) is 11.5. The van der Waals surface area contributed by atoms with Gasteiger partial charge in [0.05, 0.1) is 0 Å². The predicted molar refractivity (Wildman–Crippen MR) is 161 cm³/mol. The number of benzene rings is 5. The molecule has 178 valence electrons. The molecule has 0 fully saturated rings. The molecule has 5 rings (SSSR count). The summed E-state index contributed by atoms with van der Waals surface area (Å²) in [6.45, 7) is 0. The molecule has 0 amide bonds. The van der Waals surface area contributed by atoms with Gasteiger partial charge in [0, 0.05) is 21.2 Å². The van der Waals surface area contributed by atoms with Gasteiger partial charge in [-0.15, -0.1) is 0 Å². The summed E-state index contributed by atoms with van der Waals surface area (Å²) in [7, 11) is 0. The van der Waals surface area contributed by atoms with Crippen LogP contribution < -0.4 is 30.3 Å². The van der Waals surface area contributed by atoms with E-state index in [4.69, 9.17) is 32.7 Å². The zero-order chi connectivity index (χ0) is 24.8. The number of hydrogen-bond donors (Lipinski definition) is 0. The summed E-state index contributed by atoms with van der Waals surface area (Å²) in [5.41, 5.74) is 0. The van der Waals surface area contributed by atoms with Crippen molar-refractivity contribution in [2.24, 2.45) is 0 Å². The molecule has 0 saturated carbocycles. The molecule has 5 aromatic carbocycles. The minimum Gasteiger partial charge on any atom is -0.458 e. The minimum atomic E-state index is -2.52. The van der Waals surface area contributed by atoms with Crippen molar-refractivity contribution in [2.45, 2.75) is 0 Å². The zero-order valence-corrected chi connectivity index (χ0v) is 22.8. The minimum absolute atomic E-state index is 0.700. The van der Waals surface area contributed by atoms with Crippen molar-refractivity contribution in [3.63, 3.8) is 0 Å². The molecule has 0 aliphatic rings. The van der Waals surface area contributed by atoms with Crippen molar-refractivity contribution in [3.05, 3.63) is 146 Å². The van der Waals surface area contributed by atoms with Crippen LogP contribution in [0.25, 0.3) is 0 Å². The second-order valence-corrected chi connectivity index (χ2v) is 15.8. The maximum Gasteiger partial charge on any atom is 0.171 e. The summed E-state index contributed by atoms with van der Waals surface area (Å²) in [6, 6.07) is 48.0. The van der Waals surface area contributed by atoms with E-state index < -0.39 is 12.5 Å². The summed E-state index contributed by atoms with van der Waals surface area (Å²) in [4.78, 5) is 0. The van der Waals surface area contributed by atoms with E-state index in [1.54, 1.807) is 0 Å². The molecule has 5 aromatic rings. The van der Waals surface area contributed by atoms with E-state index in [0.717, 1.165) is 21.2 Å². The molecule has 0 atom stereocenters. The predicted octanol–water partition coefficient (Wildman–Crippen LogP) is 6.54. The molecule has 2 nitrogen and oxygen atoms in total. The van der Waals surface area contributed by atoms with E-state index in [1.807, 2.05) is 146 Å². The van der Waals surface area contributed by atoms with Gasteiger partial charge in [-0.25, -0.2) is 0 Å². The smallest absolute Gasteiger partial charge is 0.171 e. The van der Waals surface area contributed by atoms with Crippen LogP contribution in [0.4, 0.5) is 0 Å². The second-order valence-electron chi connectivity index (χ2n) is 8.10. The number of hydrogen-bond acceptors (Lipinski definition) is 4. The Morgan fingerprint density at radius 1 is 0.333 bits per heavy atom. The molecule has 36 heavy (non-hydrogen) atoms. The fraction of sp³-hybridized carbons (Fsp3) is 0. The van der Waals surface area contributed by atoms with E-state index in [1.165, 1.54) is 0 Å². The van der Waals surface area contributed by atoms with Crippen molar-refractivity contribution in [1.82, 2.24) is 0 Å². The first-order valence-corrected chi connectivity index (χ1v) is 16.9. The molecule has 0 unspecified atom stereocenters. The Labute approximate surface area is 222 Å². The molecular weight excluding hydrogens is 518 g/mol. The third-order valence-electron chi connectivity index (χ3n) is 5.68. The van der Waals surface area contributed by atoms with E-state index in [9.17, 15) is 0 Å². The van der Waals surface area contributed by atoms with Crippen LogP contribution in [0, 0.1) is 0 Å². The third-order valence-corrected chi connectivity index (χ3v) is 13.5. The summed E-state index contributed by atoms with van der Waals surface area (Å²) in [5.74, 6) is 1.40. The number of rotatable bonds is 8. The standard InChI is InChI=1S/C30H24O2P2S2/c35-33(27-13-5-1-6-14-27,28-15-7-2-8-16-28)31-25-21-23-26(24-22-25)32-34(36,29-17-9-3-10-18-29)30-19-11-4-12-20-30/h1-24H. The Hall–Kier alpha value is -3.00. The molecule has 0 N–H and O–H groups in total. The molecular formula is C30H24O2P2S2. The molecule has 0 bridgehead atoms. The Bertz CT molecular complexity index is 1300. The lowest BCUT2D eigenvalue weighted by molar-refractivity contribution is 0.610. The van der Waals surface area contributed by atoms with Crippen molar-refractivity contribution >= 4 is 57.4 Å². The first kappa shape index (κ1) is 24.7. The van der Waals surface area contributed by atoms with Gasteiger partial charge in [-0.1, -0.05) is 121 Å². The molecule has 0 saturated heterocycles. The van der Waals surface area contributed by atoms with Gasteiger partial charge < -0.3 is 9.05 Å². The zero-order valence-electron chi connectivity index (χ0n) is 19.4. The van der Waals surface area contributed by atoms with Gasteiger partial charge in [-0.05, 0) is 47.9 Å². The van der Waals surface area contributed by atoms with Crippen molar-refractivity contribution < 1.29 is 9.05 Å². The highest BCUT2D eigenvalue weighted by Crippen LogP contribution is 2.48. The Morgan fingerprint density at radius 2 is 0.556 bits per heavy atom. The fourth-order valence-corrected chi connectivity index (χ4v) is 9.95. The Kier molecular flexibility index (Phi) is 7.51. The normalized spacial score (nSPS) is 11.6. The summed E-state index contributed by atoms with van der Waals surface area (Å²) >= 11 is 12.4. The van der Waals surface area contributed by atoms with Gasteiger partial charge in [-0.3, -0.25) is 0 Å². The lowest BCUT2D eigenvalue weighted by atomic mass is 10.3. The molecule has 6 heteroatoms. The lowest BCUT2D eigenvalue weighted by Crippen LogP contribution is -2.20. The largest absolute Gasteiger partial charge is 0.458 e. The van der Waals surface area contributed by atoms with Crippen molar-refractivity contribution in [3.8, 4) is 11.5 Å². The van der Waals surface area contributed by atoms with E-state index in [-0.39, 0.29) is 0 Å². The molecule has 0 aliphatic heterocycles. The molecule has 0 aromatic heterocycles. The summed E-state index contributed by atoms with van der Waals surface area (Å²) < 4.78 is 13.2. The SMILES string of the molecule is S=P(Oc1ccc(OP(=S)(c2ccccc2)c2ccccc2)cc1)(c1ccccc1)c1ccccc1. The average Bonchev–Trinajstić information content (AvgIpc) is 2.96. The molecule has 0 heterocycles. The maximum absolute atomic E-state index is 6.58. The maximum atomic E-state index is 6.58. The monoisotopic (exact) mass is 542 g/mol. The third kappa shape index (κ3) is 5.24. The van der Waals surface area contributed by atoms with Gasteiger partial charge in [0.2, 0.25) is 0 Å².